The van der Waals surface area contributed by atoms with Gasteiger partial charge in [0.05, 0.1) is 17.0 Å². The molecule has 0 radical (unpaired) electrons. The first-order chi connectivity index (χ1) is 10.1. The fraction of sp³-hybridized carbons (Fsp3) is 0.588. The normalized spacial score (nSPS) is 20.1. The molecule has 0 bridgehead atoms. The van der Waals surface area contributed by atoms with E-state index < -0.39 is 11.4 Å². The summed E-state index contributed by atoms with van der Waals surface area (Å²) in [5.74, 6) is 0.0455. The van der Waals surface area contributed by atoms with Gasteiger partial charge in [0.15, 0.2) is 0 Å². The number of aliphatic carboxylic acids is 1. The molecule has 1 aromatic rings. The molecular formula is C17H21BrO3. The number of benzene rings is 1. The minimum Gasteiger partial charge on any atom is -0.495 e. The predicted octanol–water partition coefficient (Wildman–Crippen LogP) is 4.23. The highest BCUT2D eigenvalue weighted by molar-refractivity contribution is 9.10. The zero-order valence-electron chi connectivity index (χ0n) is 12.4. The highest BCUT2D eigenvalue weighted by Crippen LogP contribution is 2.50. The fourth-order valence-corrected chi connectivity index (χ4v) is 4.74. The molecule has 4 heteroatoms. The van der Waals surface area contributed by atoms with E-state index in [-0.39, 0.29) is 0 Å². The average Bonchev–Trinajstić information content (AvgIpc) is 2.96. The van der Waals surface area contributed by atoms with Gasteiger partial charge in [-0.15, -0.1) is 0 Å². The van der Waals surface area contributed by atoms with Gasteiger partial charge in [-0.25, -0.2) is 0 Å². The van der Waals surface area contributed by atoms with Crippen LogP contribution in [0.15, 0.2) is 10.5 Å². The van der Waals surface area contributed by atoms with Crippen LogP contribution in [0.1, 0.15) is 55.2 Å². The van der Waals surface area contributed by atoms with Crippen molar-refractivity contribution in [3.05, 3.63) is 27.2 Å². The lowest BCUT2D eigenvalue weighted by Crippen LogP contribution is -2.35. The van der Waals surface area contributed by atoms with Crippen molar-refractivity contribution in [3.8, 4) is 5.75 Å². The molecule has 1 N–H and O–H groups in total. The van der Waals surface area contributed by atoms with Gasteiger partial charge >= 0.3 is 5.97 Å². The van der Waals surface area contributed by atoms with Crippen LogP contribution in [0.3, 0.4) is 0 Å². The maximum Gasteiger partial charge on any atom is 0.314 e. The molecule has 1 aromatic carbocycles. The van der Waals surface area contributed by atoms with Gasteiger partial charge in [-0.05, 0) is 71.6 Å². The Bertz CT molecular complexity index is 574. The molecule has 1 fully saturated rings. The van der Waals surface area contributed by atoms with Crippen LogP contribution in [-0.2, 0) is 23.1 Å². The lowest BCUT2D eigenvalue weighted by atomic mass is 9.72. The second kappa shape index (κ2) is 5.64. The molecule has 0 aliphatic heterocycles. The van der Waals surface area contributed by atoms with Crippen molar-refractivity contribution < 1.29 is 14.6 Å². The minimum absolute atomic E-state index is 0.691. The summed E-state index contributed by atoms with van der Waals surface area (Å²) in [5, 5.41) is 9.96. The highest BCUT2D eigenvalue weighted by atomic mass is 79.9. The van der Waals surface area contributed by atoms with Crippen molar-refractivity contribution >= 4 is 21.9 Å². The molecule has 2 aliphatic carbocycles. The van der Waals surface area contributed by atoms with Crippen LogP contribution in [-0.4, -0.2) is 18.2 Å². The van der Waals surface area contributed by atoms with E-state index >= 15 is 0 Å². The zero-order chi connectivity index (χ0) is 15.0. The summed E-state index contributed by atoms with van der Waals surface area (Å²) in [7, 11) is 1.64. The van der Waals surface area contributed by atoms with Crippen LogP contribution in [0.2, 0.25) is 0 Å². The second-order valence-electron chi connectivity index (χ2n) is 6.21. The molecular weight excluding hydrogens is 332 g/mol. The summed E-state index contributed by atoms with van der Waals surface area (Å²) >= 11 is 3.59. The van der Waals surface area contributed by atoms with Gasteiger partial charge in [0.1, 0.15) is 5.75 Å². The van der Waals surface area contributed by atoms with Crippen LogP contribution in [0.25, 0.3) is 0 Å². The number of carbonyl (C=O) groups is 1. The van der Waals surface area contributed by atoms with Gasteiger partial charge in [0, 0.05) is 5.56 Å². The Balaban J connectivity index is 2.28. The van der Waals surface area contributed by atoms with E-state index in [9.17, 15) is 9.90 Å². The Morgan fingerprint density at radius 2 is 1.90 bits per heavy atom. The Kier molecular flexibility index (Phi) is 4.00. The Morgan fingerprint density at radius 3 is 2.52 bits per heavy atom. The molecule has 0 amide bonds. The maximum atomic E-state index is 12.1. The molecule has 0 heterocycles. The number of hydrogen-bond acceptors (Lipinski definition) is 2. The number of rotatable bonds is 3. The number of carboxylic acid groups (broad SMARTS) is 1. The quantitative estimate of drug-likeness (QED) is 0.885. The molecule has 0 spiro atoms. The van der Waals surface area contributed by atoms with Gasteiger partial charge in [0.2, 0.25) is 0 Å². The molecule has 0 unspecified atom stereocenters. The third-order valence-corrected chi connectivity index (χ3v) is 5.70. The largest absolute Gasteiger partial charge is 0.495 e. The van der Waals surface area contributed by atoms with Crippen molar-refractivity contribution in [2.45, 2.75) is 56.8 Å². The van der Waals surface area contributed by atoms with Crippen molar-refractivity contribution in [2.24, 2.45) is 0 Å². The Hall–Kier alpha value is -1.03. The summed E-state index contributed by atoms with van der Waals surface area (Å²) < 4.78 is 6.52. The zero-order valence-corrected chi connectivity index (χ0v) is 14.0. The molecule has 0 aromatic heterocycles. The molecule has 1 saturated carbocycles. The summed E-state index contributed by atoms with van der Waals surface area (Å²) in [6.07, 6.45) is 7.76. The first kappa shape index (κ1) is 14.9. The van der Waals surface area contributed by atoms with Gasteiger partial charge in [-0.2, -0.15) is 0 Å². The van der Waals surface area contributed by atoms with Gasteiger partial charge < -0.3 is 9.84 Å². The third kappa shape index (κ3) is 2.28. The Morgan fingerprint density at radius 1 is 1.24 bits per heavy atom. The summed E-state index contributed by atoms with van der Waals surface area (Å²) in [4.78, 5) is 12.1. The number of halogens is 1. The number of methoxy groups -OCH3 is 1. The number of aryl methyl sites for hydroxylation is 1. The highest BCUT2D eigenvalue weighted by Gasteiger charge is 2.47. The molecule has 3 rings (SSSR count). The van der Waals surface area contributed by atoms with Gasteiger partial charge in [-0.1, -0.05) is 12.8 Å². The number of carboxylic acids is 1. The van der Waals surface area contributed by atoms with E-state index in [2.05, 4.69) is 22.0 Å². The lowest BCUT2D eigenvalue weighted by Gasteiger charge is -2.32. The van der Waals surface area contributed by atoms with Crippen LogP contribution in [0, 0.1) is 0 Å². The molecule has 114 valence electrons. The van der Waals surface area contributed by atoms with Crippen LogP contribution in [0.5, 0.6) is 5.75 Å². The number of hydrogen-bond donors (Lipinski definition) is 1. The molecule has 21 heavy (non-hydrogen) atoms. The standard InChI is InChI=1S/C17H21BrO3/c1-21-15-13(18)10-11-6-2-3-7-12(11)14(15)17(16(19)20)8-4-5-9-17/h10H,2-9H2,1H3,(H,19,20). The van der Waals surface area contributed by atoms with E-state index in [0.29, 0.717) is 0 Å². The van der Waals surface area contributed by atoms with Crippen molar-refractivity contribution in [2.75, 3.05) is 7.11 Å². The average molecular weight is 353 g/mol. The molecule has 3 nitrogen and oxygen atoms in total. The van der Waals surface area contributed by atoms with Crippen molar-refractivity contribution in [1.29, 1.82) is 0 Å². The summed E-state index contributed by atoms with van der Waals surface area (Å²) in [5.41, 5.74) is 2.75. The summed E-state index contributed by atoms with van der Waals surface area (Å²) in [6.45, 7) is 0. The summed E-state index contributed by atoms with van der Waals surface area (Å²) in [6, 6.07) is 2.13. The van der Waals surface area contributed by atoms with Crippen molar-refractivity contribution in [1.82, 2.24) is 0 Å². The van der Waals surface area contributed by atoms with Gasteiger partial charge in [-0.3, -0.25) is 4.79 Å². The lowest BCUT2D eigenvalue weighted by molar-refractivity contribution is -0.143. The maximum absolute atomic E-state index is 12.1. The van der Waals surface area contributed by atoms with Crippen LogP contribution >= 0.6 is 15.9 Å². The molecule has 2 aliphatic rings. The van der Waals surface area contributed by atoms with Crippen LogP contribution < -0.4 is 4.74 Å². The first-order valence-corrected chi connectivity index (χ1v) is 8.51. The number of ether oxygens (including phenoxy) is 1. The second-order valence-corrected chi connectivity index (χ2v) is 7.06. The SMILES string of the molecule is COc1c(Br)cc2c(c1C1(C(=O)O)CCCC1)CCCC2. The van der Waals surface area contributed by atoms with E-state index in [1.165, 1.54) is 17.5 Å². The van der Waals surface area contributed by atoms with E-state index in [0.717, 1.165) is 60.7 Å². The topological polar surface area (TPSA) is 46.5 Å². The molecule has 0 saturated heterocycles. The number of fused-ring (bicyclic) bond motifs is 1. The third-order valence-electron chi connectivity index (χ3n) is 5.11. The Labute approximate surface area is 133 Å². The van der Waals surface area contributed by atoms with E-state index in [4.69, 9.17) is 4.74 Å². The van der Waals surface area contributed by atoms with E-state index in [1.54, 1.807) is 7.11 Å². The monoisotopic (exact) mass is 352 g/mol. The first-order valence-electron chi connectivity index (χ1n) is 7.72. The van der Waals surface area contributed by atoms with Crippen molar-refractivity contribution in [3.63, 3.8) is 0 Å². The van der Waals surface area contributed by atoms with Gasteiger partial charge in [0.25, 0.3) is 0 Å². The minimum atomic E-state index is -0.753. The smallest absolute Gasteiger partial charge is 0.314 e. The molecule has 0 atom stereocenters. The fourth-order valence-electron chi connectivity index (χ4n) is 4.10. The van der Waals surface area contributed by atoms with Crippen LogP contribution in [0.4, 0.5) is 0 Å². The van der Waals surface area contributed by atoms with E-state index in [1.807, 2.05) is 0 Å². The predicted molar refractivity (Wildman–Crippen MR) is 85.1 cm³/mol.